The fourth-order valence-corrected chi connectivity index (χ4v) is 1.56. The van der Waals surface area contributed by atoms with Gasteiger partial charge in [-0.25, -0.2) is 9.37 Å². The summed E-state index contributed by atoms with van der Waals surface area (Å²) in [6.07, 6.45) is 0. The lowest BCUT2D eigenvalue weighted by molar-refractivity contribution is 0.454. The Hall–Kier alpha value is -2.17. The van der Waals surface area contributed by atoms with Gasteiger partial charge in [0.15, 0.2) is 0 Å². The van der Waals surface area contributed by atoms with E-state index in [4.69, 9.17) is 4.74 Å². The number of nitrogens with one attached hydrogen (secondary N) is 1. The molecule has 18 heavy (non-hydrogen) atoms. The summed E-state index contributed by atoms with van der Waals surface area (Å²) >= 11 is 0. The number of halogens is 1. The minimum Gasteiger partial charge on any atom is -0.439 e. The molecule has 0 aliphatic rings. The standard InChI is InChI=1S/C13H14FN3O/c1-8-12(15-3)16-9(2)17-13(8)18-11-6-4-10(14)5-7-11/h4-7H,1-3H3,(H,15,16,17). The Bertz CT molecular complexity index is 555. The number of benzene rings is 1. The predicted octanol–water partition coefficient (Wildman–Crippen LogP) is 3.07. The Morgan fingerprint density at radius 2 is 1.78 bits per heavy atom. The topological polar surface area (TPSA) is 47.0 Å². The van der Waals surface area contributed by atoms with Crippen LogP contribution in [0.4, 0.5) is 10.2 Å². The van der Waals surface area contributed by atoms with Crippen molar-refractivity contribution >= 4 is 5.82 Å². The molecule has 0 amide bonds. The van der Waals surface area contributed by atoms with Gasteiger partial charge in [-0.2, -0.15) is 4.98 Å². The lowest BCUT2D eigenvalue weighted by Crippen LogP contribution is -2.02. The Morgan fingerprint density at radius 1 is 1.11 bits per heavy atom. The number of ether oxygens (including phenoxy) is 1. The van der Waals surface area contributed by atoms with Crippen LogP contribution in [0.3, 0.4) is 0 Å². The number of hydrogen-bond acceptors (Lipinski definition) is 4. The summed E-state index contributed by atoms with van der Waals surface area (Å²) < 4.78 is 18.4. The number of rotatable bonds is 3. The summed E-state index contributed by atoms with van der Waals surface area (Å²) in [6, 6.07) is 5.81. The van der Waals surface area contributed by atoms with E-state index in [1.165, 1.54) is 12.1 Å². The summed E-state index contributed by atoms with van der Waals surface area (Å²) in [7, 11) is 1.79. The molecule has 1 heterocycles. The molecule has 0 saturated heterocycles. The Morgan fingerprint density at radius 3 is 2.39 bits per heavy atom. The van der Waals surface area contributed by atoms with Gasteiger partial charge < -0.3 is 10.1 Å². The summed E-state index contributed by atoms with van der Waals surface area (Å²) in [5.41, 5.74) is 0.812. The average molecular weight is 247 g/mol. The van der Waals surface area contributed by atoms with Gasteiger partial charge in [-0.15, -0.1) is 0 Å². The lowest BCUT2D eigenvalue weighted by atomic mass is 10.3. The maximum absolute atomic E-state index is 12.8. The van der Waals surface area contributed by atoms with Crippen LogP contribution >= 0.6 is 0 Å². The SMILES string of the molecule is CNc1nc(C)nc(Oc2ccc(F)cc2)c1C. The Balaban J connectivity index is 2.34. The first-order chi connectivity index (χ1) is 8.60. The quantitative estimate of drug-likeness (QED) is 0.905. The van der Waals surface area contributed by atoms with Crippen molar-refractivity contribution in [2.24, 2.45) is 0 Å². The molecule has 2 rings (SSSR count). The molecule has 0 aliphatic heterocycles. The van der Waals surface area contributed by atoms with E-state index in [1.807, 2.05) is 6.92 Å². The third-order valence-corrected chi connectivity index (χ3v) is 2.48. The molecule has 94 valence electrons. The van der Waals surface area contributed by atoms with Crippen molar-refractivity contribution in [3.8, 4) is 11.6 Å². The van der Waals surface area contributed by atoms with Crippen molar-refractivity contribution in [2.75, 3.05) is 12.4 Å². The summed E-state index contributed by atoms with van der Waals surface area (Å²) in [6.45, 7) is 3.65. The molecule has 5 heteroatoms. The molecule has 1 N–H and O–H groups in total. The van der Waals surface area contributed by atoms with Crippen molar-refractivity contribution < 1.29 is 9.13 Å². The Kier molecular flexibility index (Phi) is 3.41. The first kappa shape index (κ1) is 12.3. The van der Waals surface area contributed by atoms with Gasteiger partial charge in [0.1, 0.15) is 23.2 Å². The van der Waals surface area contributed by atoms with Gasteiger partial charge >= 0.3 is 0 Å². The van der Waals surface area contributed by atoms with Gasteiger partial charge in [0.05, 0.1) is 5.56 Å². The zero-order chi connectivity index (χ0) is 13.1. The highest BCUT2D eigenvalue weighted by atomic mass is 19.1. The number of anilines is 1. The normalized spacial score (nSPS) is 10.2. The van der Waals surface area contributed by atoms with E-state index in [0.29, 0.717) is 17.5 Å². The molecule has 0 spiro atoms. The summed E-state index contributed by atoms with van der Waals surface area (Å²) in [5, 5.41) is 2.98. The molecule has 0 atom stereocenters. The van der Waals surface area contributed by atoms with Gasteiger partial charge in [-0.05, 0) is 38.1 Å². The van der Waals surface area contributed by atoms with Crippen LogP contribution in [0.15, 0.2) is 24.3 Å². The van der Waals surface area contributed by atoms with Crippen LogP contribution in [0.1, 0.15) is 11.4 Å². The zero-order valence-corrected chi connectivity index (χ0v) is 10.5. The smallest absolute Gasteiger partial charge is 0.227 e. The summed E-state index contributed by atoms with van der Waals surface area (Å²) in [5.74, 6) is 2.05. The molecule has 1 aromatic heterocycles. The van der Waals surface area contributed by atoms with E-state index in [9.17, 15) is 4.39 Å². The van der Waals surface area contributed by atoms with Crippen molar-refractivity contribution in [2.45, 2.75) is 13.8 Å². The molecule has 0 fully saturated rings. The van der Waals surface area contributed by atoms with E-state index < -0.39 is 0 Å². The van der Waals surface area contributed by atoms with Crippen LogP contribution in [0, 0.1) is 19.7 Å². The van der Waals surface area contributed by atoms with Crippen LogP contribution in [0.2, 0.25) is 0 Å². The van der Waals surface area contributed by atoms with Crippen LogP contribution < -0.4 is 10.1 Å². The first-order valence-corrected chi connectivity index (χ1v) is 5.56. The molecule has 4 nitrogen and oxygen atoms in total. The molecule has 0 unspecified atom stereocenters. The van der Waals surface area contributed by atoms with E-state index >= 15 is 0 Å². The first-order valence-electron chi connectivity index (χ1n) is 5.56. The minimum atomic E-state index is -0.297. The van der Waals surface area contributed by atoms with Crippen LogP contribution in [0.5, 0.6) is 11.6 Å². The highest BCUT2D eigenvalue weighted by Crippen LogP contribution is 2.26. The number of aromatic nitrogens is 2. The summed E-state index contributed by atoms with van der Waals surface area (Å²) in [4.78, 5) is 8.48. The molecule has 0 radical (unpaired) electrons. The number of nitrogens with zero attached hydrogens (tertiary/aromatic N) is 2. The highest BCUT2D eigenvalue weighted by Gasteiger charge is 2.10. The highest BCUT2D eigenvalue weighted by molar-refractivity contribution is 5.49. The van der Waals surface area contributed by atoms with E-state index in [0.717, 1.165) is 11.4 Å². The van der Waals surface area contributed by atoms with Crippen molar-refractivity contribution in [3.05, 3.63) is 41.5 Å². The van der Waals surface area contributed by atoms with Crippen LogP contribution in [0.25, 0.3) is 0 Å². The van der Waals surface area contributed by atoms with Gasteiger partial charge in [-0.3, -0.25) is 0 Å². The third kappa shape index (κ3) is 2.56. The largest absolute Gasteiger partial charge is 0.439 e. The van der Waals surface area contributed by atoms with E-state index in [1.54, 1.807) is 26.1 Å². The molecule has 0 aliphatic carbocycles. The molecule has 1 aromatic carbocycles. The second-order valence-electron chi connectivity index (χ2n) is 3.86. The minimum absolute atomic E-state index is 0.297. The molecule has 2 aromatic rings. The maximum Gasteiger partial charge on any atom is 0.227 e. The predicted molar refractivity (Wildman–Crippen MR) is 67.5 cm³/mol. The van der Waals surface area contributed by atoms with Crippen LogP contribution in [-0.4, -0.2) is 17.0 Å². The molecular formula is C13H14FN3O. The van der Waals surface area contributed by atoms with Crippen molar-refractivity contribution in [1.29, 1.82) is 0 Å². The second kappa shape index (κ2) is 5.00. The molecular weight excluding hydrogens is 233 g/mol. The molecule has 0 saturated carbocycles. The van der Waals surface area contributed by atoms with Crippen LogP contribution in [-0.2, 0) is 0 Å². The fraction of sp³-hybridized carbons (Fsp3) is 0.231. The lowest BCUT2D eigenvalue weighted by Gasteiger charge is -2.11. The monoisotopic (exact) mass is 247 g/mol. The second-order valence-corrected chi connectivity index (χ2v) is 3.86. The van der Waals surface area contributed by atoms with Gasteiger partial charge in [0.25, 0.3) is 0 Å². The zero-order valence-electron chi connectivity index (χ0n) is 10.5. The number of aryl methyl sites for hydroxylation is 1. The van der Waals surface area contributed by atoms with Crippen molar-refractivity contribution in [3.63, 3.8) is 0 Å². The third-order valence-electron chi connectivity index (χ3n) is 2.48. The van der Waals surface area contributed by atoms with E-state index in [-0.39, 0.29) is 5.82 Å². The fourth-order valence-electron chi connectivity index (χ4n) is 1.56. The van der Waals surface area contributed by atoms with Crippen molar-refractivity contribution in [1.82, 2.24) is 9.97 Å². The average Bonchev–Trinajstić information content (AvgIpc) is 2.36. The number of hydrogen-bond donors (Lipinski definition) is 1. The van der Waals surface area contributed by atoms with Gasteiger partial charge in [0.2, 0.25) is 5.88 Å². The van der Waals surface area contributed by atoms with E-state index in [2.05, 4.69) is 15.3 Å². The Labute approximate surface area is 105 Å². The maximum atomic E-state index is 12.8. The molecule has 0 bridgehead atoms. The van der Waals surface area contributed by atoms with Gasteiger partial charge in [-0.1, -0.05) is 0 Å². The van der Waals surface area contributed by atoms with Gasteiger partial charge in [0, 0.05) is 7.05 Å².